The van der Waals surface area contributed by atoms with E-state index < -0.39 is 0 Å². The molecule has 5 heteroatoms. The Hall–Kier alpha value is -0.320. The minimum Gasteiger partial charge on any atom is -0.381 e. The maximum Gasteiger partial charge on any atom is 0.0478 e. The van der Waals surface area contributed by atoms with E-state index in [2.05, 4.69) is 11.9 Å². The summed E-state index contributed by atoms with van der Waals surface area (Å²) in [6.45, 7) is 4.18. The zero-order chi connectivity index (χ0) is 16.2. The third-order valence-electron chi connectivity index (χ3n) is 3.56. The van der Waals surface area contributed by atoms with Crippen LogP contribution in [0.3, 0.4) is 0 Å². The van der Waals surface area contributed by atoms with Crippen LogP contribution in [0.2, 0.25) is 10.0 Å². The first-order valence-electron chi connectivity index (χ1n) is 8.04. The van der Waals surface area contributed by atoms with Crippen LogP contribution < -0.4 is 5.73 Å². The number of rotatable bonds is 12. The Morgan fingerprint density at radius 2 is 1.64 bits per heavy atom. The van der Waals surface area contributed by atoms with Gasteiger partial charge in [-0.15, -0.1) is 0 Å². The van der Waals surface area contributed by atoms with Crippen molar-refractivity contribution in [1.29, 1.82) is 0 Å². The van der Waals surface area contributed by atoms with Gasteiger partial charge in [-0.3, -0.25) is 0 Å². The van der Waals surface area contributed by atoms with Crippen LogP contribution >= 0.6 is 23.2 Å². The lowest BCUT2D eigenvalue weighted by Crippen LogP contribution is -2.20. The summed E-state index contributed by atoms with van der Waals surface area (Å²) in [5.41, 5.74) is 6.45. The zero-order valence-corrected chi connectivity index (χ0v) is 15.0. The van der Waals surface area contributed by atoms with Gasteiger partial charge in [0.2, 0.25) is 0 Å². The highest BCUT2D eigenvalue weighted by molar-refractivity contribution is 6.35. The number of halogens is 2. The molecule has 0 radical (unpaired) electrons. The normalized spacial score (nSPS) is 11.3. The lowest BCUT2D eigenvalue weighted by atomic mass is 10.2. The predicted molar refractivity (Wildman–Crippen MR) is 95.8 cm³/mol. The molecule has 1 aromatic rings. The van der Waals surface area contributed by atoms with E-state index >= 15 is 0 Å². The minimum atomic E-state index is 0.730. The fourth-order valence-corrected chi connectivity index (χ4v) is 2.79. The van der Waals surface area contributed by atoms with E-state index in [0.717, 1.165) is 67.7 Å². The summed E-state index contributed by atoms with van der Waals surface area (Å²) in [6.07, 6.45) is 5.69. The van der Waals surface area contributed by atoms with Gasteiger partial charge < -0.3 is 15.4 Å². The van der Waals surface area contributed by atoms with E-state index in [1.54, 1.807) is 0 Å². The lowest BCUT2D eigenvalue weighted by molar-refractivity contribution is 0.119. The number of nitrogens with two attached hydrogens (primary N) is 1. The van der Waals surface area contributed by atoms with Crippen molar-refractivity contribution in [3.05, 3.63) is 33.8 Å². The number of nitrogens with zero attached hydrogens (tertiary/aromatic N) is 1. The van der Waals surface area contributed by atoms with Crippen molar-refractivity contribution in [2.24, 2.45) is 5.73 Å². The van der Waals surface area contributed by atoms with Crippen LogP contribution in [0.25, 0.3) is 0 Å². The van der Waals surface area contributed by atoms with Crippen LogP contribution in [-0.4, -0.2) is 38.3 Å². The third kappa shape index (κ3) is 8.35. The molecule has 126 valence electrons. The molecule has 0 saturated carbocycles. The van der Waals surface area contributed by atoms with Crippen LogP contribution in [0.15, 0.2) is 18.2 Å². The van der Waals surface area contributed by atoms with Crippen molar-refractivity contribution in [2.45, 2.75) is 38.6 Å². The highest BCUT2D eigenvalue weighted by Crippen LogP contribution is 2.25. The monoisotopic (exact) mass is 346 g/mol. The maximum atomic E-state index is 6.18. The van der Waals surface area contributed by atoms with E-state index in [9.17, 15) is 0 Å². The zero-order valence-electron chi connectivity index (χ0n) is 13.5. The standard InChI is InChI=1S/C17H28Cl2N2O/c1-21(14-15-16(18)8-6-9-17(15)19)11-7-13-22-12-5-3-2-4-10-20/h6,8-9H,2-5,7,10-14,20H2,1H3. The topological polar surface area (TPSA) is 38.5 Å². The van der Waals surface area contributed by atoms with Gasteiger partial charge in [0.05, 0.1) is 0 Å². The molecule has 0 atom stereocenters. The number of unbranched alkanes of at least 4 members (excludes halogenated alkanes) is 3. The Morgan fingerprint density at radius 3 is 2.32 bits per heavy atom. The Kier molecular flexibility index (Phi) is 10.9. The molecule has 3 nitrogen and oxygen atoms in total. The van der Waals surface area contributed by atoms with Crippen LogP contribution in [0.1, 0.15) is 37.7 Å². The molecular weight excluding hydrogens is 319 g/mol. The van der Waals surface area contributed by atoms with Gasteiger partial charge >= 0.3 is 0 Å². The average Bonchev–Trinajstić information content (AvgIpc) is 2.49. The first-order valence-corrected chi connectivity index (χ1v) is 8.80. The largest absolute Gasteiger partial charge is 0.381 e. The molecule has 0 bridgehead atoms. The van der Waals surface area contributed by atoms with Crippen LogP contribution in [0.4, 0.5) is 0 Å². The van der Waals surface area contributed by atoms with Crippen molar-refractivity contribution < 1.29 is 4.74 Å². The van der Waals surface area contributed by atoms with Gasteiger partial charge in [-0.05, 0) is 45.0 Å². The first-order chi connectivity index (χ1) is 10.6. The second-order valence-electron chi connectivity index (χ2n) is 5.61. The van der Waals surface area contributed by atoms with Gasteiger partial charge in [0.15, 0.2) is 0 Å². The van der Waals surface area contributed by atoms with E-state index in [4.69, 9.17) is 33.7 Å². The SMILES string of the molecule is CN(CCCOCCCCCCN)Cc1c(Cl)cccc1Cl. The molecule has 0 fully saturated rings. The number of benzene rings is 1. The molecule has 0 aliphatic rings. The fraction of sp³-hybridized carbons (Fsp3) is 0.647. The van der Waals surface area contributed by atoms with Gasteiger partial charge in [-0.1, -0.05) is 42.1 Å². The van der Waals surface area contributed by atoms with Gasteiger partial charge in [0.25, 0.3) is 0 Å². The molecule has 0 amide bonds. The maximum absolute atomic E-state index is 6.18. The predicted octanol–water partition coefficient (Wildman–Crippen LogP) is 4.35. The van der Waals surface area contributed by atoms with Crippen molar-refractivity contribution in [3.8, 4) is 0 Å². The molecule has 0 aliphatic carbocycles. The Bertz CT molecular complexity index is 395. The molecule has 1 aromatic carbocycles. The van der Waals surface area contributed by atoms with Gasteiger partial charge in [0, 0.05) is 41.9 Å². The third-order valence-corrected chi connectivity index (χ3v) is 4.27. The highest BCUT2D eigenvalue weighted by Gasteiger charge is 2.08. The van der Waals surface area contributed by atoms with Gasteiger partial charge in [-0.2, -0.15) is 0 Å². The smallest absolute Gasteiger partial charge is 0.0478 e. The van der Waals surface area contributed by atoms with E-state index in [-0.39, 0.29) is 0 Å². The molecule has 0 spiro atoms. The molecule has 1 rings (SSSR count). The van der Waals surface area contributed by atoms with Crippen molar-refractivity contribution in [3.63, 3.8) is 0 Å². The average molecular weight is 347 g/mol. The number of ether oxygens (including phenoxy) is 1. The Balaban J connectivity index is 2.08. The Labute approximate surface area is 144 Å². The number of hydrogen-bond donors (Lipinski definition) is 1. The molecule has 22 heavy (non-hydrogen) atoms. The summed E-state index contributed by atoms with van der Waals surface area (Å²) in [4.78, 5) is 2.22. The van der Waals surface area contributed by atoms with Crippen molar-refractivity contribution in [1.82, 2.24) is 4.90 Å². The molecule has 0 aromatic heterocycles. The Morgan fingerprint density at radius 1 is 1.00 bits per heavy atom. The summed E-state index contributed by atoms with van der Waals surface area (Å²) >= 11 is 12.4. The molecule has 0 unspecified atom stereocenters. The quantitative estimate of drug-likeness (QED) is 0.571. The highest BCUT2D eigenvalue weighted by atomic mass is 35.5. The fourth-order valence-electron chi connectivity index (χ4n) is 2.27. The van der Waals surface area contributed by atoms with Crippen LogP contribution in [-0.2, 0) is 11.3 Å². The molecular formula is C17H28Cl2N2O. The minimum absolute atomic E-state index is 0.730. The van der Waals surface area contributed by atoms with E-state index in [1.165, 1.54) is 12.8 Å². The molecule has 2 N–H and O–H groups in total. The van der Waals surface area contributed by atoms with Crippen LogP contribution in [0, 0.1) is 0 Å². The van der Waals surface area contributed by atoms with Gasteiger partial charge in [0.1, 0.15) is 0 Å². The summed E-state index contributed by atoms with van der Waals surface area (Å²) < 4.78 is 5.65. The number of hydrogen-bond acceptors (Lipinski definition) is 3. The summed E-state index contributed by atoms with van der Waals surface area (Å²) in [5.74, 6) is 0. The second kappa shape index (κ2) is 12.1. The summed E-state index contributed by atoms with van der Waals surface area (Å²) in [7, 11) is 2.08. The summed E-state index contributed by atoms with van der Waals surface area (Å²) in [6, 6.07) is 5.63. The lowest BCUT2D eigenvalue weighted by Gasteiger charge is -2.18. The van der Waals surface area contributed by atoms with Crippen molar-refractivity contribution >= 4 is 23.2 Å². The van der Waals surface area contributed by atoms with Gasteiger partial charge in [-0.25, -0.2) is 0 Å². The van der Waals surface area contributed by atoms with E-state index in [0.29, 0.717) is 0 Å². The first kappa shape index (κ1) is 19.7. The van der Waals surface area contributed by atoms with Crippen LogP contribution in [0.5, 0.6) is 0 Å². The van der Waals surface area contributed by atoms with Crippen molar-refractivity contribution in [2.75, 3.05) is 33.4 Å². The van der Waals surface area contributed by atoms with E-state index in [1.807, 2.05) is 18.2 Å². The molecule has 0 saturated heterocycles. The summed E-state index contributed by atoms with van der Waals surface area (Å²) in [5, 5.41) is 1.46. The molecule has 0 heterocycles. The molecule has 0 aliphatic heterocycles. The second-order valence-corrected chi connectivity index (χ2v) is 6.42.